The van der Waals surface area contributed by atoms with Crippen molar-refractivity contribution in [2.45, 2.75) is 44.7 Å². The quantitative estimate of drug-likeness (QED) is 0.907. The van der Waals surface area contributed by atoms with Gasteiger partial charge in [-0.05, 0) is 49.8 Å². The molecule has 1 aromatic carbocycles. The van der Waals surface area contributed by atoms with Crippen molar-refractivity contribution in [3.8, 4) is 0 Å². The van der Waals surface area contributed by atoms with Crippen LogP contribution in [0.1, 0.15) is 42.9 Å². The molecule has 6 heteroatoms. The third-order valence-corrected chi connectivity index (χ3v) is 5.72. The Balaban J connectivity index is 1.35. The summed E-state index contributed by atoms with van der Waals surface area (Å²) in [4.78, 5) is 25.8. The Hall–Kier alpha value is -2.63. The number of carbonyl (C=O) groups is 1. The Labute approximate surface area is 160 Å². The molecular formula is C21H27N5O. The number of aromatic nitrogens is 2. The number of likely N-dealkylation sites (tertiary alicyclic amines) is 1. The number of hydrogen-bond acceptors (Lipinski definition) is 4. The van der Waals surface area contributed by atoms with Gasteiger partial charge >= 0.3 is 6.03 Å². The molecule has 1 N–H and O–H groups in total. The van der Waals surface area contributed by atoms with Crippen LogP contribution in [0.4, 0.5) is 10.7 Å². The van der Waals surface area contributed by atoms with Crippen molar-refractivity contribution in [3.05, 3.63) is 53.9 Å². The van der Waals surface area contributed by atoms with Crippen LogP contribution in [0.15, 0.2) is 42.7 Å². The molecule has 2 aromatic rings. The first-order valence-electron chi connectivity index (χ1n) is 9.87. The second-order valence-electron chi connectivity index (χ2n) is 7.47. The van der Waals surface area contributed by atoms with Gasteiger partial charge in [0.05, 0.1) is 6.04 Å². The van der Waals surface area contributed by atoms with Crippen LogP contribution >= 0.6 is 0 Å². The minimum atomic E-state index is 0.0789. The molecule has 0 radical (unpaired) electrons. The molecule has 2 saturated heterocycles. The van der Waals surface area contributed by atoms with E-state index in [4.69, 9.17) is 0 Å². The molecule has 27 heavy (non-hydrogen) atoms. The molecule has 1 unspecified atom stereocenters. The Morgan fingerprint density at radius 2 is 1.78 bits per heavy atom. The van der Waals surface area contributed by atoms with Crippen molar-refractivity contribution >= 4 is 12.0 Å². The van der Waals surface area contributed by atoms with Gasteiger partial charge in [-0.3, -0.25) is 0 Å². The van der Waals surface area contributed by atoms with Crippen molar-refractivity contribution in [3.63, 3.8) is 0 Å². The summed E-state index contributed by atoms with van der Waals surface area (Å²) < 4.78 is 0. The summed E-state index contributed by atoms with van der Waals surface area (Å²) in [5.41, 5.74) is 2.54. The number of nitrogens with one attached hydrogen (secondary N) is 1. The highest BCUT2D eigenvalue weighted by Gasteiger charge is 2.32. The zero-order valence-corrected chi connectivity index (χ0v) is 15.8. The van der Waals surface area contributed by atoms with Crippen molar-refractivity contribution in [1.82, 2.24) is 20.2 Å². The van der Waals surface area contributed by atoms with Crippen molar-refractivity contribution in [2.75, 3.05) is 24.5 Å². The van der Waals surface area contributed by atoms with Crippen molar-refractivity contribution in [1.29, 1.82) is 0 Å². The Kier molecular flexibility index (Phi) is 5.23. The third-order valence-electron chi connectivity index (χ3n) is 5.72. The summed E-state index contributed by atoms with van der Waals surface area (Å²) in [6.07, 6.45) is 7.50. The molecule has 0 saturated carbocycles. The fourth-order valence-corrected chi connectivity index (χ4v) is 4.23. The molecule has 1 aromatic heterocycles. The number of anilines is 1. The van der Waals surface area contributed by atoms with Crippen LogP contribution in [0.3, 0.4) is 0 Å². The lowest BCUT2D eigenvalue weighted by Crippen LogP contribution is -2.49. The van der Waals surface area contributed by atoms with Crippen LogP contribution in [-0.2, 0) is 0 Å². The lowest BCUT2D eigenvalue weighted by molar-refractivity contribution is 0.186. The standard InChI is InChI=1S/C21H27N5O/c1-16-6-2-3-7-18(16)19-8-4-13-26(19)21(27)24-17-9-14-25(15-10-17)20-22-11-5-12-23-20/h2-3,5-7,11-12,17,19H,4,8-10,13-15H2,1H3,(H,24,27). The summed E-state index contributed by atoms with van der Waals surface area (Å²) >= 11 is 0. The summed E-state index contributed by atoms with van der Waals surface area (Å²) in [6.45, 7) is 4.71. The number of carbonyl (C=O) groups excluding carboxylic acids is 1. The van der Waals surface area contributed by atoms with E-state index in [1.807, 2.05) is 11.0 Å². The lowest BCUT2D eigenvalue weighted by Gasteiger charge is -2.34. The molecule has 0 bridgehead atoms. The van der Waals surface area contributed by atoms with E-state index in [9.17, 15) is 4.79 Å². The van der Waals surface area contributed by atoms with Crippen LogP contribution < -0.4 is 10.2 Å². The summed E-state index contributed by atoms with van der Waals surface area (Å²) in [5, 5.41) is 3.27. The van der Waals surface area contributed by atoms with Gasteiger partial charge in [0.15, 0.2) is 0 Å². The highest BCUT2D eigenvalue weighted by molar-refractivity contribution is 5.75. The maximum Gasteiger partial charge on any atom is 0.318 e. The number of urea groups is 1. The highest BCUT2D eigenvalue weighted by atomic mass is 16.2. The Morgan fingerprint density at radius 1 is 1.04 bits per heavy atom. The molecule has 0 aliphatic carbocycles. The molecule has 6 nitrogen and oxygen atoms in total. The zero-order valence-electron chi connectivity index (χ0n) is 15.8. The Bertz CT molecular complexity index is 773. The van der Waals surface area contributed by atoms with Gasteiger partial charge in [0.2, 0.25) is 5.95 Å². The molecule has 2 aliphatic heterocycles. The third kappa shape index (κ3) is 3.89. The average molecular weight is 365 g/mol. The van der Waals surface area contributed by atoms with Gasteiger partial charge in [-0.15, -0.1) is 0 Å². The van der Waals surface area contributed by atoms with Crippen LogP contribution in [0.25, 0.3) is 0 Å². The second kappa shape index (κ2) is 7.94. The number of piperidine rings is 1. The average Bonchev–Trinajstić information content (AvgIpc) is 3.19. The first kappa shape index (κ1) is 17.8. The van der Waals surface area contributed by atoms with Crippen LogP contribution in [0.5, 0.6) is 0 Å². The minimum Gasteiger partial charge on any atom is -0.341 e. The van der Waals surface area contributed by atoms with Crippen molar-refractivity contribution < 1.29 is 4.79 Å². The SMILES string of the molecule is Cc1ccccc1C1CCCN1C(=O)NC1CCN(c2ncccn2)CC1. The fourth-order valence-electron chi connectivity index (χ4n) is 4.23. The number of aryl methyl sites for hydroxylation is 1. The summed E-state index contributed by atoms with van der Waals surface area (Å²) in [7, 11) is 0. The maximum absolute atomic E-state index is 12.9. The summed E-state index contributed by atoms with van der Waals surface area (Å²) in [6, 6.07) is 10.7. The smallest absolute Gasteiger partial charge is 0.318 e. The predicted octanol–water partition coefficient (Wildman–Crippen LogP) is 3.30. The first-order chi connectivity index (χ1) is 13.2. The van der Waals surface area contributed by atoms with Crippen LogP contribution in [0, 0.1) is 6.92 Å². The topological polar surface area (TPSA) is 61.4 Å². The molecule has 2 fully saturated rings. The number of hydrogen-bond donors (Lipinski definition) is 1. The predicted molar refractivity (Wildman–Crippen MR) is 106 cm³/mol. The molecule has 4 rings (SSSR count). The maximum atomic E-state index is 12.9. The van der Waals surface area contributed by atoms with E-state index in [1.165, 1.54) is 11.1 Å². The van der Waals surface area contributed by atoms with Crippen LogP contribution in [-0.4, -0.2) is 46.6 Å². The van der Waals surface area contributed by atoms with E-state index in [1.54, 1.807) is 12.4 Å². The first-order valence-corrected chi connectivity index (χ1v) is 9.87. The molecule has 0 spiro atoms. The van der Waals surface area contributed by atoms with E-state index in [2.05, 4.69) is 51.4 Å². The minimum absolute atomic E-state index is 0.0789. The fraction of sp³-hybridized carbons (Fsp3) is 0.476. The van der Waals surface area contributed by atoms with Gasteiger partial charge in [-0.1, -0.05) is 24.3 Å². The van der Waals surface area contributed by atoms with E-state index >= 15 is 0 Å². The molecule has 2 aliphatic rings. The van der Waals surface area contributed by atoms with Gasteiger partial charge < -0.3 is 15.1 Å². The molecule has 2 amide bonds. The van der Waals surface area contributed by atoms with E-state index in [0.717, 1.165) is 51.3 Å². The Morgan fingerprint density at radius 3 is 2.52 bits per heavy atom. The van der Waals surface area contributed by atoms with Crippen LogP contribution in [0.2, 0.25) is 0 Å². The van der Waals surface area contributed by atoms with Gasteiger partial charge in [0.1, 0.15) is 0 Å². The zero-order chi connectivity index (χ0) is 18.6. The number of rotatable bonds is 3. The number of benzene rings is 1. The van der Waals surface area contributed by atoms with E-state index in [0.29, 0.717) is 0 Å². The van der Waals surface area contributed by atoms with Gasteiger partial charge in [-0.2, -0.15) is 0 Å². The van der Waals surface area contributed by atoms with E-state index in [-0.39, 0.29) is 18.1 Å². The summed E-state index contributed by atoms with van der Waals surface area (Å²) in [5.74, 6) is 0.779. The normalized spacial score (nSPS) is 20.7. The molecular weight excluding hydrogens is 338 g/mol. The van der Waals surface area contributed by atoms with E-state index < -0.39 is 0 Å². The monoisotopic (exact) mass is 365 g/mol. The van der Waals surface area contributed by atoms with Gasteiger partial charge in [0, 0.05) is 38.1 Å². The molecule has 1 atom stereocenters. The second-order valence-corrected chi connectivity index (χ2v) is 7.47. The highest BCUT2D eigenvalue weighted by Crippen LogP contribution is 2.33. The number of amides is 2. The molecule has 142 valence electrons. The number of nitrogens with zero attached hydrogens (tertiary/aromatic N) is 4. The molecule has 3 heterocycles. The van der Waals surface area contributed by atoms with Gasteiger partial charge in [-0.25, -0.2) is 14.8 Å². The van der Waals surface area contributed by atoms with Crippen molar-refractivity contribution in [2.24, 2.45) is 0 Å². The lowest BCUT2D eigenvalue weighted by atomic mass is 9.99. The largest absolute Gasteiger partial charge is 0.341 e. The van der Waals surface area contributed by atoms with Gasteiger partial charge in [0.25, 0.3) is 0 Å².